The Kier molecular flexibility index (Phi) is 6.03. The van der Waals surface area contributed by atoms with Crippen molar-refractivity contribution in [2.75, 3.05) is 20.1 Å². The van der Waals surface area contributed by atoms with Gasteiger partial charge in [0.15, 0.2) is 0 Å². The minimum absolute atomic E-state index is 0.0727. The molecule has 1 heterocycles. The molecule has 1 aliphatic rings. The summed E-state index contributed by atoms with van der Waals surface area (Å²) in [5, 5.41) is 0. The number of ether oxygens (including phenoxy) is 1. The van der Waals surface area contributed by atoms with Gasteiger partial charge in [-0.1, -0.05) is 18.2 Å². The van der Waals surface area contributed by atoms with Gasteiger partial charge >= 0.3 is 6.09 Å². The van der Waals surface area contributed by atoms with Crippen LogP contribution in [0.5, 0.6) is 0 Å². The Morgan fingerprint density at radius 3 is 2.64 bits per heavy atom. The highest BCUT2D eigenvalue weighted by molar-refractivity contribution is 5.80. The van der Waals surface area contributed by atoms with Gasteiger partial charge in [-0.25, -0.2) is 9.18 Å². The molecule has 1 aromatic carbocycles. The molecule has 2 rings (SSSR count). The molecule has 1 unspecified atom stereocenters. The average Bonchev–Trinajstić information content (AvgIpc) is 2.54. The molecule has 1 atom stereocenters. The van der Waals surface area contributed by atoms with Crippen molar-refractivity contribution in [3.05, 3.63) is 35.6 Å². The number of piperidine rings is 1. The molecule has 0 bridgehead atoms. The van der Waals surface area contributed by atoms with Gasteiger partial charge in [0.1, 0.15) is 11.4 Å². The number of carbonyl (C=O) groups is 2. The minimum Gasteiger partial charge on any atom is -0.444 e. The fourth-order valence-corrected chi connectivity index (χ4v) is 2.94. The van der Waals surface area contributed by atoms with E-state index >= 15 is 0 Å². The molecule has 0 radical (unpaired) electrons. The van der Waals surface area contributed by atoms with Crippen LogP contribution >= 0.6 is 0 Å². The van der Waals surface area contributed by atoms with E-state index in [2.05, 4.69) is 0 Å². The van der Waals surface area contributed by atoms with E-state index in [-0.39, 0.29) is 30.3 Å². The van der Waals surface area contributed by atoms with Crippen LogP contribution in [-0.4, -0.2) is 47.5 Å². The third kappa shape index (κ3) is 5.44. The summed E-state index contributed by atoms with van der Waals surface area (Å²) >= 11 is 0. The molecule has 6 heteroatoms. The van der Waals surface area contributed by atoms with Crippen molar-refractivity contribution in [1.82, 2.24) is 9.80 Å². The molecule has 0 aliphatic carbocycles. The van der Waals surface area contributed by atoms with Gasteiger partial charge in [-0.2, -0.15) is 0 Å². The van der Waals surface area contributed by atoms with Crippen LogP contribution in [0.3, 0.4) is 0 Å². The molecule has 0 spiro atoms. The summed E-state index contributed by atoms with van der Waals surface area (Å²) < 4.78 is 19.2. The average molecular weight is 350 g/mol. The molecule has 0 aromatic heterocycles. The minimum atomic E-state index is -0.560. The Balaban J connectivity index is 1.96. The van der Waals surface area contributed by atoms with Crippen molar-refractivity contribution in [3.63, 3.8) is 0 Å². The Morgan fingerprint density at radius 1 is 1.32 bits per heavy atom. The monoisotopic (exact) mass is 350 g/mol. The van der Waals surface area contributed by atoms with Gasteiger partial charge in [0.25, 0.3) is 0 Å². The Morgan fingerprint density at radius 2 is 2.00 bits per heavy atom. The normalized spacial score (nSPS) is 18.0. The van der Waals surface area contributed by atoms with E-state index in [1.807, 2.05) is 20.8 Å². The van der Waals surface area contributed by atoms with Gasteiger partial charge in [0.2, 0.25) is 5.91 Å². The zero-order valence-corrected chi connectivity index (χ0v) is 15.4. The number of benzene rings is 1. The van der Waals surface area contributed by atoms with Gasteiger partial charge in [-0.05, 0) is 39.7 Å². The fraction of sp³-hybridized carbons (Fsp3) is 0.579. The van der Waals surface area contributed by atoms with Gasteiger partial charge in [0.05, 0.1) is 5.92 Å². The SMILES string of the molecule is CN(Cc1ccccc1F)C(=O)C1CCCN(C(=O)OC(C)(C)C)C1. The molecule has 1 aromatic rings. The number of halogens is 1. The van der Waals surface area contributed by atoms with Crippen LogP contribution in [0, 0.1) is 11.7 Å². The number of carbonyl (C=O) groups excluding carboxylic acids is 2. The molecule has 1 fully saturated rings. The molecule has 0 N–H and O–H groups in total. The smallest absolute Gasteiger partial charge is 0.410 e. The Hall–Kier alpha value is -2.11. The number of hydrogen-bond acceptors (Lipinski definition) is 3. The molecular formula is C19H27FN2O3. The van der Waals surface area contributed by atoms with Crippen molar-refractivity contribution in [3.8, 4) is 0 Å². The molecule has 138 valence electrons. The number of hydrogen-bond donors (Lipinski definition) is 0. The topological polar surface area (TPSA) is 49.9 Å². The standard InChI is InChI=1S/C19H27FN2O3/c1-19(2,3)25-18(24)22-11-7-9-15(13-22)17(23)21(4)12-14-8-5-6-10-16(14)20/h5-6,8,10,15H,7,9,11-13H2,1-4H3. The molecule has 2 amide bonds. The van der Waals surface area contributed by atoms with Gasteiger partial charge in [-0.15, -0.1) is 0 Å². The van der Waals surface area contributed by atoms with Crippen molar-refractivity contribution in [2.24, 2.45) is 5.92 Å². The predicted molar refractivity (Wildman–Crippen MR) is 93.4 cm³/mol. The van der Waals surface area contributed by atoms with Gasteiger partial charge in [-0.3, -0.25) is 4.79 Å². The van der Waals surface area contributed by atoms with E-state index in [1.54, 1.807) is 30.1 Å². The molecule has 0 saturated carbocycles. The largest absolute Gasteiger partial charge is 0.444 e. The lowest BCUT2D eigenvalue weighted by molar-refractivity contribution is -0.136. The van der Waals surface area contributed by atoms with Crippen LogP contribution in [-0.2, 0) is 16.1 Å². The van der Waals surface area contributed by atoms with E-state index in [9.17, 15) is 14.0 Å². The fourth-order valence-electron chi connectivity index (χ4n) is 2.94. The number of likely N-dealkylation sites (tertiary alicyclic amines) is 1. The first-order chi connectivity index (χ1) is 11.7. The highest BCUT2D eigenvalue weighted by Gasteiger charge is 2.32. The lowest BCUT2D eigenvalue weighted by atomic mass is 9.96. The van der Waals surface area contributed by atoms with Crippen LogP contribution in [0.2, 0.25) is 0 Å². The first-order valence-corrected chi connectivity index (χ1v) is 8.63. The van der Waals surface area contributed by atoms with E-state index in [1.165, 1.54) is 11.0 Å². The van der Waals surface area contributed by atoms with Crippen molar-refractivity contribution in [1.29, 1.82) is 0 Å². The third-order valence-corrected chi connectivity index (χ3v) is 4.16. The molecule has 5 nitrogen and oxygen atoms in total. The number of rotatable bonds is 3. The third-order valence-electron chi connectivity index (χ3n) is 4.16. The highest BCUT2D eigenvalue weighted by Crippen LogP contribution is 2.22. The quantitative estimate of drug-likeness (QED) is 0.839. The zero-order valence-electron chi connectivity index (χ0n) is 15.4. The predicted octanol–water partition coefficient (Wildman–Crippen LogP) is 3.43. The van der Waals surface area contributed by atoms with E-state index in [4.69, 9.17) is 4.74 Å². The summed E-state index contributed by atoms with van der Waals surface area (Å²) in [5.74, 6) is -0.671. The van der Waals surface area contributed by atoms with Gasteiger partial charge < -0.3 is 14.5 Å². The van der Waals surface area contributed by atoms with E-state index in [0.717, 1.165) is 12.8 Å². The maximum absolute atomic E-state index is 13.8. The summed E-state index contributed by atoms with van der Waals surface area (Å²) in [6.45, 7) is 6.61. The van der Waals surface area contributed by atoms with Crippen LogP contribution < -0.4 is 0 Å². The lowest BCUT2D eigenvalue weighted by Gasteiger charge is -2.35. The molecule has 25 heavy (non-hydrogen) atoms. The summed E-state index contributed by atoms with van der Waals surface area (Å²) in [7, 11) is 1.67. The number of nitrogens with zero attached hydrogens (tertiary/aromatic N) is 2. The van der Waals surface area contributed by atoms with Crippen LogP contribution in [0.15, 0.2) is 24.3 Å². The second-order valence-electron chi connectivity index (χ2n) is 7.55. The van der Waals surface area contributed by atoms with Crippen LogP contribution in [0.25, 0.3) is 0 Å². The molecular weight excluding hydrogens is 323 g/mol. The maximum atomic E-state index is 13.8. The summed E-state index contributed by atoms with van der Waals surface area (Å²) in [4.78, 5) is 28.0. The lowest BCUT2D eigenvalue weighted by Crippen LogP contribution is -2.47. The van der Waals surface area contributed by atoms with Crippen LogP contribution in [0.1, 0.15) is 39.2 Å². The molecule has 1 aliphatic heterocycles. The second-order valence-corrected chi connectivity index (χ2v) is 7.55. The summed E-state index contributed by atoms with van der Waals surface area (Å²) in [6.07, 6.45) is 1.09. The Bertz CT molecular complexity index is 627. The van der Waals surface area contributed by atoms with E-state index < -0.39 is 5.60 Å². The van der Waals surface area contributed by atoms with Crippen molar-refractivity contribution < 1.29 is 18.7 Å². The summed E-state index contributed by atoms with van der Waals surface area (Å²) in [5.41, 5.74) is -0.0755. The van der Waals surface area contributed by atoms with Crippen molar-refractivity contribution >= 4 is 12.0 Å². The number of amides is 2. The van der Waals surface area contributed by atoms with Gasteiger partial charge in [0, 0.05) is 32.2 Å². The van der Waals surface area contributed by atoms with Crippen LogP contribution in [0.4, 0.5) is 9.18 Å². The van der Waals surface area contributed by atoms with Crippen molar-refractivity contribution in [2.45, 2.75) is 45.8 Å². The highest BCUT2D eigenvalue weighted by atomic mass is 19.1. The zero-order chi connectivity index (χ0) is 18.6. The molecule has 1 saturated heterocycles. The maximum Gasteiger partial charge on any atom is 0.410 e. The van der Waals surface area contributed by atoms with E-state index in [0.29, 0.717) is 18.7 Å². The first-order valence-electron chi connectivity index (χ1n) is 8.63. The first kappa shape index (κ1) is 19.2. The Labute approximate surface area is 148 Å². The second kappa shape index (κ2) is 7.85. The summed E-state index contributed by atoms with van der Waals surface area (Å²) in [6, 6.07) is 6.44.